The highest BCUT2D eigenvalue weighted by atomic mass is 16.5. The average Bonchev–Trinajstić information content (AvgIpc) is 2.85. The van der Waals surface area contributed by atoms with Crippen molar-refractivity contribution in [2.45, 2.75) is 39.5 Å². The number of hydrogen-bond acceptors (Lipinski definition) is 3. The van der Waals surface area contributed by atoms with Crippen LogP contribution in [0.3, 0.4) is 0 Å². The molecule has 1 saturated heterocycles. The monoisotopic (exact) mass is 251 g/mol. The zero-order valence-electron chi connectivity index (χ0n) is 12.0. The zero-order chi connectivity index (χ0) is 13.4. The van der Waals surface area contributed by atoms with Crippen molar-refractivity contribution in [3.8, 4) is 5.75 Å². The lowest BCUT2D eigenvalue weighted by Gasteiger charge is -2.19. The highest BCUT2D eigenvalue weighted by Crippen LogP contribution is 2.18. The summed E-state index contributed by atoms with van der Waals surface area (Å²) in [6.07, 6.45) is 2.68. The fourth-order valence-corrected chi connectivity index (χ4v) is 2.00. The van der Waals surface area contributed by atoms with Gasteiger partial charge in [-0.2, -0.15) is 0 Å². The van der Waals surface area contributed by atoms with E-state index in [4.69, 9.17) is 9.47 Å². The highest BCUT2D eigenvalue weighted by Gasteiger charge is 2.20. The van der Waals surface area contributed by atoms with Crippen LogP contribution < -0.4 is 4.74 Å². The quantitative estimate of drug-likeness (QED) is 0.819. The lowest BCUT2D eigenvalue weighted by molar-refractivity contribution is -0.0337. The molecule has 0 unspecified atom stereocenters. The Hall–Kier alpha value is -1.06. The van der Waals surface area contributed by atoms with E-state index in [0.717, 1.165) is 18.7 Å². The molecule has 1 heterocycles. The molecule has 1 aromatic rings. The summed E-state index contributed by atoms with van der Waals surface area (Å²) in [6.45, 7) is 5.83. The van der Waals surface area contributed by atoms with E-state index >= 15 is 0 Å². The minimum atomic E-state index is 0.294. The molecule has 1 aliphatic rings. The van der Waals surface area contributed by atoms with Gasteiger partial charge in [-0.25, -0.2) is 0 Å². The largest absolute Gasteiger partial charge is 0.497 e. The molecule has 2 rings (SSSR count). The Morgan fingerprint density at radius 3 is 2.39 bits per heavy atom. The van der Waals surface area contributed by atoms with E-state index in [1.165, 1.54) is 12.0 Å². The average molecular weight is 251 g/mol. The van der Waals surface area contributed by atoms with E-state index in [9.17, 15) is 0 Å². The Kier molecular flexibility index (Phi) is 6.76. The molecular weight excluding hydrogens is 226 g/mol. The lowest BCUT2D eigenvalue weighted by atomic mass is 10.2. The second-order valence-electron chi connectivity index (χ2n) is 4.24. The van der Waals surface area contributed by atoms with Crippen LogP contribution in [-0.2, 0) is 11.3 Å². The normalized spacial score (nSPS) is 19.2. The van der Waals surface area contributed by atoms with E-state index in [1.807, 2.05) is 38.1 Å². The van der Waals surface area contributed by atoms with E-state index in [-0.39, 0.29) is 0 Å². The van der Waals surface area contributed by atoms with Crippen LogP contribution in [0, 0.1) is 0 Å². The maximum Gasteiger partial charge on any atom is 0.118 e. The second-order valence-corrected chi connectivity index (χ2v) is 4.24. The molecule has 1 fully saturated rings. The van der Waals surface area contributed by atoms with Gasteiger partial charge >= 0.3 is 0 Å². The van der Waals surface area contributed by atoms with Crippen molar-refractivity contribution in [1.29, 1.82) is 0 Å². The Labute approximate surface area is 111 Å². The van der Waals surface area contributed by atoms with Crippen molar-refractivity contribution >= 4 is 0 Å². The van der Waals surface area contributed by atoms with Crippen LogP contribution in [0.15, 0.2) is 24.3 Å². The van der Waals surface area contributed by atoms with E-state index in [2.05, 4.69) is 11.9 Å². The SMILES string of the molecule is CC.COc1ccc(CO[C@H]2CCCN2C)cc1. The van der Waals surface area contributed by atoms with Crippen LogP contribution in [0.25, 0.3) is 0 Å². The second kappa shape index (κ2) is 8.11. The van der Waals surface area contributed by atoms with E-state index in [1.54, 1.807) is 7.11 Å². The summed E-state index contributed by atoms with van der Waals surface area (Å²) in [5.41, 5.74) is 1.20. The molecule has 3 nitrogen and oxygen atoms in total. The maximum atomic E-state index is 5.86. The van der Waals surface area contributed by atoms with Crippen molar-refractivity contribution in [3.63, 3.8) is 0 Å². The Balaban J connectivity index is 0.000000771. The minimum Gasteiger partial charge on any atom is -0.497 e. The molecule has 1 aliphatic heterocycles. The third kappa shape index (κ3) is 4.31. The van der Waals surface area contributed by atoms with Crippen LogP contribution in [0.1, 0.15) is 32.3 Å². The van der Waals surface area contributed by atoms with Crippen molar-refractivity contribution in [2.75, 3.05) is 20.7 Å². The van der Waals surface area contributed by atoms with Crippen molar-refractivity contribution < 1.29 is 9.47 Å². The number of rotatable bonds is 4. The molecule has 0 aliphatic carbocycles. The molecule has 0 spiro atoms. The maximum absolute atomic E-state index is 5.86. The van der Waals surface area contributed by atoms with Crippen molar-refractivity contribution in [1.82, 2.24) is 4.90 Å². The van der Waals surface area contributed by atoms with Gasteiger partial charge in [0, 0.05) is 6.54 Å². The number of methoxy groups -OCH3 is 1. The van der Waals surface area contributed by atoms with Crippen LogP contribution in [0.2, 0.25) is 0 Å². The number of nitrogens with zero attached hydrogens (tertiary/aromatic N) is 1. The Bertz CT molecular complexity index is 324. The molecule has 0 radical (unpaired) electrons. The molecule has 1 atom stereocenters. The van der Waals surface area contributed by atoms with Gasteiger partial charge < -0.3 is 9.47 Å². The van der Waals surface area contributed by atoms with Gasteiger partial charge in [0.15, 0.2) is 0 Å². The smallest absolute Gasteiger partial charge is 0.118 e. The fraction of sp³-hybridized carbons (Fsp3) is 0.600. The van der Waals surface area contributed by atoms with Gasteiger partial charge in [0.1, 0.15) is 12.0 Å². The summed E-state index contributed by atoms with van der Waals surface area (Å²) >= 11 is 0. The molecule has 0 N–H and O–H groups in total. The summed E-state index contributed by atoms with van der Waals surface area (Å²) in [5.74, 6) is 0.890. The molecule has 0 bridgehead atoms. The first-order chi connectivity index (χ1) is 8.79. The molecule has 1 aromatic carbocycles. The predicted molar refractivity (Wildman–Crippen MR) is 74.8 cm³/mol. The van der Waals surface area contributed by atoms with Gasteiger partial charge in [-0.15, -0.1) is 0 Å². The third-order valence-electron chi connectivity index (χ3n) is 3.05. The number of likely N-dealkylation sites (tertiary alicyclic amines) is 1. The first-order valence-corrected chi connectivity index (χ1v) is 6.74. The molecule has 0 saturated carbocycles. The van der Waals surface area contributed by atoms with Gasteiger partial charge in [-0.05, 0) is 37.6 Å². The fourth-order valence-electron chi connectivity index (χ4n) is 2.00. The molecule has 18 heavy (non-hydrogen) atoms. The molecule has 102 valence electrons. The lowest BCUT2D eigenvalue weighted by Crippen LogP contribution is -2.27. The zero-order valence-corrected chi connectivity index (χ0v) is 12.0. The van der Waals surface area contributed by atoms with Gasteiger partial charge in [0.25, 0.3) is 0 Å². The van der Waals surface area contributed by atoms with Gasteiger partial charge in [0.2, 0.25) is 0 Å². The third-order valence-corrected chi connectivity index (χ3v) is 3.05. The Morgan fingerprint density at radius 1 is 1.22 bits per heavy atom. The minimum absolute atomic E-state index is 0.294. The van der Waals surface area contributed by atoms with Crippen molar-refractivity contribution in [3.05, 3.63) is 29.8 Å². The van der Waals surface area contributed by atoms with Crippen LogP contribution in [0.4, 0.5) is 0 Å². The van der Waals surface area contributed by atoms with E-state index < -0.39 is 0 Å². The van der Waals surface area contributed by atoms with Crippen molar-refractivity contribution in [2.24, 2.45) is 0 Å². The summed E-state index contributed by atoms with van der Waals surface area (Å²) < 4.78 is 11.0. The molecule has 0 aromatic heterocycles. The molecular formula is C15H25NO2. The number of benzene rings is 1. The number of hydrogen-bond donors (Lipinski definition) is 0. The molecule has 3 heteroatoms. The van der Waals surface area contributed by atoms with Gasteiger partial charge in [-0.1, -0.05) is 26.0 Å². The first-order valence-electron chi connectivity index (χ1n) is 6.74. The first kappa shape index (κ1) is 15.0. The summed E-state index contributed by atoms with van der Waals surface area (Å²) in [5, 5.41) is 0. The van der Waals surface area contributed by atoms with Gasteiger partial charge in [0.05, 0.1) is 13.7 Å². The summed E-state index contributed by atoms with van der Waals surface area (Å²) in [7, 11) is 3.80. The molecule has 0 amide bonds. The van der Waals surface area contributed by atoms with Crippen LogP contribution >= 0.6 is 0 Å². The van der Waals surface area contributed by atoms with Crippen LogP contribution in [-0.4, -0.2) is 31.8 Å². The van der Waals surface area contributed by atoms with E-state index in [0.29, 0.717) is 12.8 Å². The summed E-state index contributed by atoms with van der Waals surface area (Å²) in [6, 6.07) is 8.04. The standard InChI is InChI=1S/C13H19NO2.C2H6/c1-14-9-3-4-13(14)16-10-11-5-7-12(15-2)8-6-11;1-2/h5-8,13H,3-4,9-10H2,1-2H3;1-2H3/t13-;/m0./s1. The highest BCUT2D eigenvalue weighted by molar-refractivity contribution is 5.26. The van der Waals surface area contributed by atoms with Crippen LogP contribution in [0.5, 0.6) is 5.75 Å². The van der Waals surface area contributed by atoms with Gasteiger partial charge in [-0.3, -0.25) is 4.90 Å². The number of ether oxygens (including phenoxy) is 2. The summed E-state index contributed by atoms with van der Waals surface area (Å²) in [4.78, 5) is 2.27. The topological polar surface area (TPSA) is 21.7 Å². The predicted octanol–water partition coefficient (Wildman–Crippen LogP) is 3.29. The Morgan fingerprint density at radius 2 is 1.89 bits per heavy atom.